The number of nitrogens with two attached hydrogens (primary N) is 1. The fourth-order valence-corrected chi connectivity index (χ4v) is 2.01. The van der Waals surface area contributed by atoms with Crippen molar-refractivity contribution in [3.8, 4) is 5.75 Å². The SMILES string of the molecule is CCn1ncnc1CC(N)c1ccccc1OC(F)F. The van der Waals surface area contributed by atoms with Crippen LogP contribution in [0, 0.1) is 0 Å². The van der Waals surface area contributed by atoms with E-state index in [4.69, 9.17) is 5.73 Å². The fraction of sp³-hybridized carbons (Fsp3) is 0.385. The lowest BCUT2D eigenvalue weighted by atomic mass is 10.0. The number of para-hydroxylation sites is 1. The largest absolute Gasteiger partial charge is 0.434 e. The van der Waals surface area contributed by atoms with Crippen LogP contribution in [0.25, 0.3) is 0 Å². The van der Waals surface area contributed by atoms with E-state index in [2.05, 4.69) is 14.8 Å². The second kappa shape index (κ2) is 6.42. The van der Waals surface area contributed by atoms with E-state index in [0.29, 0.717) is 24.4 Å². The molecule has 0 saturated heterocycles. The Kier molecular flexibility index (Phi) is 4.62. The van der Waals surface area contributed by atoms with Crippen LogP contribution in [0.1, 0.15) is 24.4 Å². The fourth-order valence-electron chi connectivity index (χ4n) is 2.01. The zero-order valence-corrected chi connectivity index (χ0v) is 11.0. The van der Waals surface area contributed by atoms with E-state index in [1.165, 1.54) is 12.4 Å². The van der Waals surface area contributed by atoms with Crippen LogP contribution >= 0.6 is 0 Å². The molecule has 1 unspecified atom stereocenters. The summed E-state index contributed by atoms with van der Waals surface area (Å²) in [7, 11) is 0. The first kappa shape index (κ1) is 14.4. The minimum Gasteiger partial charge on any atom is -0.434 e. The Hall–Kier alpha value is -2.02. The van der Waals surface area contributed by atoms with E-state index < -0.39 is 12.7 Å². The smallest absolute Gasteiger partial charge is 0.387 e. The lowest BCUT2D eigenvalue weighted by molar-refractivity contribution is -0.0506. The van der Waals surface area contributed by atoms with E-state index in [0.717, 1.165) is 0 Å². The van der Waals surface area contributed by atoms with Gasteiger partial charge in [-0.25, -0.2) is 4.98 Å². The van der Waals surface area contributed by atoms with Gasteiger partial charge >= 0.3 is 6.61 Å². The molecule has 0 radical (unpaired) electrons. The second-order valence-electron chi connectivity index (χ2n) is 4.22. The highest BCUT2D eigenvalue weighted by atomic mass is 19.3. The lowest BCUT2D eigenvalue weighted by Crippen LogP contribution is -2.18. The first-order valence-corrected chi connectivity index (χ1v) is 6.27. The number of hydrogen-bond acceptors (Lipinski definition) is 4. The van der Waals surface area contributed by atoms with Gasteiger partial charge < -0.3 is 10.5 Å². The molecule has 1 atom stereocenters. The number of halogens is 2. The Balaban J connectivity index is 2.18. The standard InChI is InChI=1S/C13H16F2N4O/c1-2-19-12(17-8-18-19)7-10(16)9-5-3-4-6-11(9)20-13(14)15/h3-6,8,10,13H,2,7,16H2,1H3. The molecule has 0 amide bonds. The molecular formula is C13H16F2N4O. The minimum atomic E-state index is -2.87. The highest BCUT2D eigenvalue weighted by Gasteiger charge is 2.17. The highest BCUT2D eigenvalue weighted by molar-refractivity contribution is 5.36. The third kappa shape index (κ3) is 3.30. The van der Waals surface area contributed by atoms with Crippen molar-refractivity contribution >= 4 is 0 Å². The summed E-state index contributed by atoms with van der Waals surface area (Å²) in [5.41, 5.74) is 6.61. The summed E-state index contributed by atoms with van der Waals surface area (Å²) >= 11 is 0. The molecule has 5 nitrogen and oxygen atoms in total. The summed E-state index contributed by atoms with van der Waals surface area (Å²) in [6.07, 6.45) is 1.85. The number of aryl methyl sites for hydroxylation is 1. The van der Waals surface area contributed by atoms with Crippen LogP contribution in [0.5, 0.6) is 5.75 Å². The van der Waals surface area contributed by atoms with Crippen molar-refractivity contribution in [1.82, 2.24) is 14.8 Å². The van der Waals surface area contributed by atoms with Gasteiger partial charge in [0.15, 0.2) is 0 Å². The van der Waals surface area contributed by atoms with Crippen LogP contribution in [0.3, 0.4) is 0 Å². The van der Waals surface area contributed by atoms with Crippen LogP contribution in [-0.2, 0) is 13.0 Å². The molecule has 0 fully saturated rings. The number of hydrogen-bond donors (Lipinski definition) is 1. The molecule has 108 valence electrons. The predicted molar refractivity (Wildman–Crippen MR) is 69.4 cm³/mol. The molecule has 0 spiro atoms. The molecule has 0 aliphatic heterocycles. The third-order valence-electron chi connectivity index (χ3n) is 2.93. The predicted octanol–water partition coefficient (Wildman–Crippen LogP) is 2.14. The quantitative estimate of drug-likeness (QED) is 0.881. The van der Waals surface area contributed by atoms with Gasteiger partial charge in [-0.15, -0.1) is 0 Å². The minimum absolute atomic E-state index is 0.0950. The van der Waals surface area contributed by atoms with Gasteiger partial charge in [0.05, 0.1) is 0 Å². The zero-order chi connectivity index (χ0) is 14.5. The van der Waals surface area contributed by atoms with E-state index in [9.17, 15) is 8.78 Å². The van der Waals surface area contributed by atoms with Crippen molar-refractivity contribution in [1.29, 1.82) is 0 Å². The molecule has 2 rings (SSSR count). The number of ether oxygens (including phenoxy) is 1. The van der Waals surface area contributed by atoms with E-state index in [-0.39, 0.29) is 5.75 Å². The van der Waals surface area contributed by atoms with Crippen molar-refractivity contribution < 1.29 is 13.5 Å². The van der Waals surface area contributed by atoms with Crippen LogP contribution in [-0.4, -0.2) is 21.4 Å². The van der Waals surface area contributed by atoms with Crippen LogP contribution in [0.4, 0.5) is 8.78 Å². The van der Waals surface area contributed by atoms with Gasteiger partial charge in [0, 0.05) is 24.6 Å². The van der Waals surface area contributed by atoms with E-state index >= 15 is 0 Å². The van der Waals surface area contributed by atoms with Crippen LogP contribution in [0.15, 0.2) is 30.6 Å². The maximum absolute atomic E-state index is 12.4. The molecule has 0 aliphatic rings. The third-order valence-corrected chi connectivity index (χ3v) is 2.93. The topological polar surface area (TPSA) is 66.0 Å². The molecule has 1 aromatic heterocycles. The molecule has 0 saturated carbocycles. The highest BCUT2D eigenvalue weighted by Crippen LogP contribution is 2.26. The molecule has 1 aromatic carbocycles. The van der Waals surface area contributed by atoms with Gasteiger partial charge in [0.2, 0.25) is 0 Å². The number of aromatic nitrogens is 3. The Morgan fingerprint density at radius 2 is 2.10 bits per heavy atom. The Morgan fingerprint density at radius 1 is 1.35 bits per heavy atom. The average molecular weight is 282 g/mol. The zero-order valence-electron chi connectivity index (χ0n) is 11.0. The summed E-state index contributed by atoms with van der Waals surface area (Å²) in [6, 6.07) is 6.03. The first-order chi connectivity index (χ1) is 9.61. The first-order valence-electron chi connectivity index (χ1n) is 6.27. The van der Waals surface area contributed by atoms with Gasteiger partial charge in [-0.3, -0.25) is 4.68 Å². The lowest BCUT2D eigenvalue weighted by Gasteiger charge is -2.16. The number of rotatable bonds is 6. The van der Waals surface area contributed by atoms with Crippen LogP contribution < -0.4 is 10.5 Å². The Morgan fingerprint density at radius 3 is 2.80 bits per heavy atom. The summed E-state index contributed by atoms with van der Waals surface area (Å²) < 4.78 is 30.9. The van der Waals surface area contributed by atoms with Crippen molar-refractivity contribution in [2.75, 3.05) is 0 Å². The second-order valence-corrected chi connectivity index (χ2v) is 4.22. The number of nitrogens with zero attached hydrogens (tertiary/aromatic N) is 3. The average Bonchev–Trinajstić information content (AvgIpc) is 2.85. The van der Waals surface area contributed by atoms with Gasteiger partial charge in [-0.2, -0.15) is 13.9 Å². The maximum Gasteiger partial charge on any atom is 0.387 e. The number of alkyl halides is 2. The van der Waals surface area contributed by atoms with Gasteiger partial charge in [-0.05, 0) is 13.0 Å². The monoisotopic (exact) mass is 282 g/mol. The van der Waals surface area contributed by atoms with Gasteiger partial charge in [0.25, 0.3) is 0 Å². The van der Waals surface area contributed by atoms with E-state index in [1.807, 2.05) is 6.92 Å². The molecule has 0 aliphatic carbocycles. The van der Waals surface area contributed by atoms with Crippen molar-refractivity contribution in [3.05, 3.63) is 42.0 Å². The van der Waals surface area contributed by atoms with Crippen LogP contribution in [0.2, 0.25) is 0 Å². The Labute approximate surface area is 115 Å². The van der Waals surface area contributed by atoms with Crippen molar-refractivity contribution in [2.24, 2.45) is 5.73 Å². The Bertz CT molecular complexity index is 559. The summed E-state index contributed by atoms with van der Waals surface area (Å²) in [6.45, 7) is -0.253. The molecule has 2 aromatic rings. The summed E-state index contributed by atoms with van der Waals surface area (Å²) in [5, 5.41) is 4.05. The molecule has 1 heterocycles. The maximum atomic E-state index is 12.4. The van der Waals surface area contributed by atoms with E-state index in [1.54, 1.807) is 22.9 Å². The molecule has 7 heteroatoms. The molecule has 20 heavy (non-hydrogen) atoms. The summed E-state index contributed by atoms with van der Waals surface area (Å²) in [5.74, 6) is 0.810. The van der Waals surface area contributed by atoms with Crippen molar-refractivity contribution in [2.45, 2.75) is 32.5 Å². The summed E-state index contributed by atoms with van der Waals surface area (Å²) in [4.78, 5) is 4.13. The van der Waals surface area contributed by atoms with Crippen molar-refractivity contribution in [3.63, 3.8) is 0 Å². The molecule has 2 N–H and O–H groups in total. The van der Waals surface area contributed by atoms with Gasteiger partial charge in [0.1, 0.15) is 17.9 Å². The normalized spacial score (nSPS) is 12.7. The van der Waals surface area contributed by atoms with Gasteiger partial charge in [-0.1, -0.05) is 18.2 Å². The molecular weight excluding hydrogens is 266 g/mol. The number of benzene rings is 1. The molecule has 0 bridgehead atoms.